The Labute approximate surface area is 99.1 Å². The van der Waals surface area contributed by atoms with Gasteiger partial charge in [0.05, 0.1) is 0 Å². The molecule has 0 aromatic heterocycles. The Morgan fingerprint density at radius 2 is 2.38 bits per heavy atom. The van der Waals surface area contributed by atoms with Crippen molar-refractivity contribution in [2.75, 3.05) is 5.32 Å². The van der Waals surface area contributed by atoms with E-state index in [1.807, 2.05) is 12.2 Å². The third-order valence-corrected chi connectivity index (χ3v) is 2.53. The second kappa shape index (κ2) is 5.03. The van der Waals surface area contributed by atoms with Crippen LogP contribution in [0.2, 0.25) is 5.02 Å². The number of carbonyl (C=O) groups is 1. The number of amides is 1. The minimum atomic E-state index is -0.446. The van der Waals surface area contributed by atoms with Crippen molar-refractivity contribution in [2.45, 2.75) is 18.9 Å². The lowest BCUT2D eigenvalue weighted by atomic mass is 10.3. The molecule has 4 heteroatoms. The first-order chi connectivity index (χ1) is 7.74. The number of hydrogen-bond donors (Lipinski definition) is 1. The number of nitrogens with one attached hydrogen (secondary N) is 1. The molecule has 1 aliphatic carbocycles. The number of hydrogen-bond acceptors (Lipinski definition) is 2. The Bertz CT molecular complexity index is 417. The van der Waals surface area contributed by atoms with Gasteiger partial charge in [-0.3, -0.25) is 5.32 Å². The molecule has 1 aromatic rings. The van der Waals surface area contributed by atoms with E-state index in [4.69, 9.17) is 16.3 Å². The molecule has 1 atom stereocenters. The number of allylic oxidation sites excluding steroid dienone is 1. The van der Waals surface area contributed by atoms with Crippen molar-refractivity contribution < 1.29 is 9.53 Å². The van der Waals surface area contributed by atoms with Crippen LogP contribution in [0.1, 0.15) is 12.8 Å². The van der Waals surface area contributed by atoms with E-state index in [1.165, 1.54) is 0 Å². The highest BCUT2D eigenvalue weighted by Gasteiger charge is 2.14. The molecule has 0 saturated heterocycles. The quantitative estimate of drug-likeness (QED) is 0.798. The molecule has 1 unspecified atom stereocenters. The summed E-state index contributed by atoms with van der Waals surface area (Å²) in [5, 5.41) is 3.21. The standard InChI is InChI=1S/C12H12ClNO2/c13-9-4-3-5-10(8-9)14-12(15)16-11-6-1-2-7-11/h1,3-6,8,11H,2,7H2,(H,14,15). The fourth-order valence-electron chi connectivity index (χ4n) is 1.55. The van der Waals surface area contributed by atoms with Gasteiger partial charge in [0.1, 0.15) is 6.10 Å². The van der Waals surface area contributed by atoms with Crippen molar-refractivity contribution in [2.24, 2.45) is 0 Å². The fourth-order valence-corrected chi connectivity index (χ4v) is 1.74. The van der Waals surface area contributed by atoms with Crippen molar-refractivity contribution >= 4 is 23.4 Å². The smallest absolute Gasteiger partial charge is 0.412 e. The Kier molecular flexibility index (Phi) is 3.47. The topological polar surface area (TPSA) is 38.3 Å². The predicted octanol–water partition coefficient (Wildman–Crippen LogP) is 3.61. The van der Waals surface area contributed by atoms with Crippen molar-refractivity contribution in [1.82, 2.24) is 0 Å². The summed E-state index contributed by atoms with van der Waals surface area (Å²) in [6.45, 7) is 0. The number of carbonyl (C=O) groups excluding carboxylic acids is 1. The average molecular weight is 238 g/mol. The average Bonchev–Trinajstić information content (AvgIpc) is 2.70. The van der Waals surface area contributed by atoms with Crippen LogP contribution in [0.4, 0.5) is 10.5 Å². The normalized spacial score (nSPS) is 18.4. The van der Waals surface area contributed by atoms with Gasteiger partial charge in [-0.05, 0) is 37.1 Å². The second-order valence-electron chi connectivity index (χ2n) is 3.58. The van der Waals surface area contributed by atoms with Gasteiger partial charge in [-0.1, -0.05) is 23.7 Å². The first-order valence-electron chi connectivity index (χ1n) is 5.14. The zero-order valence-corrected chi connectivity index (χ0v) is 9.41. The lowest BCUT2D eigenvalue weighted by Crippen LogP contribution is -2.19. The van der Waals surface area contributed by atoms with E-state index in [0.717, 1.165) is 12.8 Å². The van der Waals surface area contributed by atoms with Crippen LogP contribution in [0, 0.1) is 0 Å². The van der Waals surface area contributed by atoms with Crippen LogP contribution in [-0.2, 0) is 4.74 Å². The van der Waals surface area contributed by atoms with Gasteiger partial charge in [0.2, 0.25) is 0 Å². The van der Waals surface area contributed by atoms with Crippen molar-refractivity contribution in [1.29, 1.82) is 0 Å². The van der Waals surface area contributed by atoms with Crippen molar-refractivity contribution in [3.63, 3.8) is 0 Å². The minimum absolute atomic E-state index is 0.0980. The molecular weight excluding hydrogens is 226 g/mol. The maximum absolute atomic E-state index is 11.5. The predicted molar refractivity (Wildman–Crippen MR) is 63.7 cm³/mol. The van der Waals surface area contributed by atoms with Crippen LogP contribution in [0.15, 0.2) is 36.4 Å². The van der Waals surface area contributed by atoms with Crippen LogP contribution in [0.3, 0.4) is 0 Å². The summed E-state index contributed by atoms with van der Waals surface area (Å²) >= 11 is 5.80. The molecule has 2 rings (SSSR count). The fraction of sp³-hybridized carbons (Fsp3) is 0.250. The van der Waals surface area contributed by atoms with E-state index in [2.05, 4.69) is 5.32 Å². The van der Waals surface area contributed by atoms with Gasteiger partial charge in [0.25, 0.3) is 0 Å². The SMILES string of the molecule is O=C(Nc1cccc(Cl)c1)OC1C=CCC1. The third kappa shape index (κ3) is 3.00. The number of ether oxygens (including phenoxy) is 1. The molecule has 0 radical (unpaired) electrons. The lowest BCUT2D eigenvalue weighted by molar-refractivity contribution is 0.134. The largest absolute Gasteiger partial charge is 0.442 e. The summed E-state index contributed by atoms with van der Waals surface area (Å²) in [6.07, 6.45) is 5.20. The van der Waals surface area contributed by atoms with Crippen LogP contribution in [-0.4, -0.2) is 12.2 Å². The maximum atomic E-state index is 11.5. The number of rotatable bonds is 2. The summed E-state index contributed by atoms with van der Waals surface area (Å²) in [5.41, 5.74) is 0.638. The molecular formula is C12H12ClNO2. The molecule has 1 aliphatic rings. The third-order valence-electron chi connectivity index (χ3n) is 2.30. The number of anilines is 1. The summed E-state index contributed by atoms with van der Waals surface area (Å²) in [5.74, 6) is 0. The van der Waals surface area contributed by atoms with Crippen LogP contribution in [0.25, 0.3) is 0 Å². The molecule has 1 aromatic carbocycles. The van der Waals surface area contributed by atoms with E-state index in [1.54, 1.807) is 24.3 Å². The van der Waals surface area contributed by atoms with Gasteiger partial charge in [-0.25, -0.2) is 4.79 Å². The molecule has 0 bridgehead atoms. The summed E-state index contributed by atoms with van der Waals surface area (Å²) in [7, 11) is 0. The van der Waals surface area contributed by atoms with Gasteiger partial charge in [-0.2, -0.15) is 0 Å². The van der Waals surface area contributed by atoms with Crippen LogP contribution >= 0.6 is 11.6 Å². The zero-order chi connectivity index (χ0) is 11.4. The highest BCUT2D eigenvalue weighted by molar-refractivity contribution is 6.30. The van der Waals surface area contributed by atoms with Crippen LogP contribution in [0.5, 0.6) is 0 Å². The number of halogens is 1. The molecule has 1 amide bonds. The molecule has 0 spiro atoms. The van der Waals surface area contributed by atoms with Gasteiger partial charge >= 0.3 is 6.09 Å². The molecule has 1 N–H and O–H groups in total. The molecule has 0 heterocycles. The Morgan fingerprint density at radius 1 is 1.50 bits per heavy atom. The highest BCUT2D eigenvalue weighted by Crippen LogP contribution is 2.17. The lowest BCUT2D eigenvalue weighted by Gasteiger charge is -2.11. The Balaban J connectivity index is 1.89. The van der Waals surface area contributed by atoms with E-state index in [0.29, 0.717) is 10.7 Å². The second-order valence-corrected chi connectivity index (χ2v) is 4.02. The molecule has 0 fully saturated rings. The summed E-state index contributed by atoms with van der Waals surface area (Å²) in [6, 6.07) is 6.95. The van der Waals surface area contributed by atoms with Crippen molar-refractivity contribution in [3.05, 3.63) is 41.4 Å². The minimum Gasteiger partial charge on any atom is -0.442 e. The molecule has 84 valence electrons. The maximum Gasteiger partial charge on any atom is 0.412 e. The Hall–Kier alpha value is -1.48. The van der Waals surface area contributed by atoms with E-state index in [-0.39, 0.29) is 6.10 Å². The van der Waals surface area contributed by atoms with E-state index >= 15 is 0 Å². The van der Waals surface area contributed by atoms with Gasteiger partial charge in [-0.15, -0.1) is 0 Å². The monoisotopic (exact) mass is 237 g/mol. The van der Waals surface area contributed by atoms with Crippen LogP contribution < -0.4 is 5.32 Å². The van der Waals surface area contributed by atoms with Crippen molar-refractivity contribution in [3.8, 4) is 0 Å². The first-order valence-corrected chi connectivity index (χ1v) is 5.52. The first kappa shape index (κ1) is 11.0. The zero-order valence-electron chi connectivity index (χ0n) is 8.65. The highest BCUT2D eigenvalue weighted by atomic mass is 35.5. The molecule has 3 nitrogen and oxygen atoms in total. The summed E-state index contributed by atoms with van der Waals surface area (Å²) in [4.78, 5) is 11.5. The van der Waals surface area contributed by atoms with E-state index < -0.39 is 6.09 Å². The van der Waals surface area contributed by atoms with E-state index in [9.17, 15) is 4.79 Å². The number of benzene rings is 1. The summed E-state index contributed by atoms with van der Waals surface area (Å²) < 4.78 is 5.18. The molecule has 0 aliphatic heterocycles. The van der Waals surface area contributed by atoms with Gasteiger partial charge in [0.15, 0.2) is 0 Å². The molecule has 0 saturated carbocycles. The van der Waals surface area contributed by atoms with Gasteiger partial charge < -0.3 is 4.74 Å². The van der Waals surface area contributed by atoms with Gasteiger partial charge in [0, 0.05) is 10.7 Å². The Morgan fingerprint density at radius 3 is 3.06 bits per heavy atom. The molecule has 16 heavy (non-hydrogen) atoms.